The highest BCUT2D eigenvalue weighted by molar-refractivity contribution is 7.12. The van der Waals surface area contributed by atoms with E-state index in [0.29, 0.717) is 12.6 Å². The molecule has 3 heteroatoms. The van der Waals surface area contributed by atoms with Gasteiger partial charge in [-0.25, -0.2) is 0 Å². The van der Waals surface area contributed by atoms with Crippen LogP contribution in [0.5, 0.6) is 0 Å². The second kappa shape index (κ2) is 6.50. The summed E-state index contributed by atoms with van der Waals surface area (Å²) in [7, 11) is 0. The first-order valence-corrected chi connectivity index (χ1v) is 7.70. The second-order valence-corrected chi connectivity index (χ2v) is 6.58. The fraction of sp³-hybridized carbons (Fsp3) is 0.600. The Labute approximate surface area is 114 Å². The van der Waals surface area contributed by atoms with E-state index in [-0.39, 0.29) is 0 Å². The number of nitrogens with two attached hydrogens (primary N) is 1. The monoisotopic (exact) mass is 264 g/mol. The molecule has 1 heterocycles. The van der Waals surface area contributed by atoms with Crippen molar-refractivity contribution in [1.29, 1.82) is 0 Å². The van der Waals surface area contributed by atoms with Gasteiger partial charge in [-0.1, -0.05) is 11.6 Å². The van der Waals surface area contributed by atoms with Crippen molar-refractivity contribution in [2.75, 3.05) is 13.1 Å². The molecule has 0 aliphatic heterocycles. The predicted octanol–water partition coefficient (Wildman–Crippen LogP) is 3.45. The van der Waals surface area contributed by atoms with Crippen LogP contribution in [0, 0.1) is 13.8 Å². The Morgan fingerprint density at radius 2 is 2.28 bits per heavy atom. The molecule has 0 saturated carbocycles. The summed E-state index contributed by atoms with van der Waals surface area (Å²) < 4.78 is 0. The molecule has 1 unspecified atom stereocenters. The molecule has 1 aromatic rings. The average Bonchev–Trinajstić information content (AvgIpc) is 2.95. The van der Waals surface area contributed by atoms with Gasteiger partial charge in [0.05, 0.1) is 0 Å². The molecule has 2 nitrogen and oxygen atoms in total. The molecule has 1 aromatic heterocycles. The van der Waals surface area contributed by atoms with Crippen molar-refractivity contribution in [3.05, 3.63) is 33.0 Å². The summed E-state index contributed by atoms with van der Waals surface area (Å²) in [6, 6.07) is 2.59. The van der Waals surface area contributed by atoms with E-state index in [1.54, 1.807) is 5.57 Å². The van der Waals surface area contributed by atoms with Gasteiger partial charge < -0.3 is 11.1 Å². The zero-order valence-electron chi connectivity index (χ0n) is 11.5. The van der Waals surface area contributed by atoms with E-state index in [2.05, 4.69) is 31.3 Å². The minimum Gasteiger partial charge on any atom is -0.329 e. The molecule has 0 aromatic carbocycles. The van der Waals surface area contributed by atoms with Crippen molar-refractivity contribution in [3.63, 3.8) is 0 Å². The van der Waals surface area contributed by atoms with Gasteiger partial charge in [0.25, 0.3) is 0 Å². The van der Waals surface area contributed by atoms with Gasteiger partial charge in [-0.3, -0.25) is 0 Å². The highest BCUT2D eigenvalue weighted by Crippen LogP contribution is 2.26. The molecule has 3 N–H and O–H groups in total. The van der Waals surface area contributed by atoms with Crippen LogP contribution < -0.4 is 11.1 Å². The smallest absolute Gasteiger partial charge is 0.0455 e. The number of hydrogen-bond acceptors (Lipinski definition) is 3. The van der Waals surface area contributed by atoms with Gasteiger partial charge in [0.1, 0.15) is 0 Å². The Morgan fingerprint density at radius 3 is 2.83 bits per heavy atom. The summed E-state index contributed by atoms with van der Waals surface area (Å²) in [5, 5.41) is 3.61. The van der Waals surface area contributed by atoms with Gasteiger partial charge >= 0.3 is 0 Å². The molecule has 1 atom stereocenters. The zero-order valence-corrected chi connectivity index (χ0v) is 12.3. The lowest BCUT2D eigenvalue weighted by Crippen LogP contribution is -2.29. The third-order valence-corrected chi connectivity index (χ3v) is 4.64. The minimum absolute atomic E-state index is 0.317. The van der Waals surface area contributed by atoms with Gasteiger partial charge in [0.15, 0.2) is 0 Å². The molecule has 0 saturated heterocycles. The van der Waals surface area contributed by atoms with Crippen molar-refractivity contribution in [2.45, 2.75) is 45.6 Å². The van der Waals surface area contributed by atoms with E-state index in [1.165, 1.54) is 41.0 Å². The molecular weight excluding hydrogens is 240 g/mol. The summed E-state index contributed by atoms with van der Waals surface area (Å²) in [6.07, 6.45) is 7.50. The van der Waals surface area contributed by atoms with Crippen LogP contribution in [-0.4, -0.2) is 13.1 Å². The van der Waals surface area contributed by atoms with Crippen LogP contribution in [0.2, 0.25) is 0 Å². The number of hydrogen-bond donors (Lipinski definition) is 2. The summed E-state index contributed by atoms with van der Waals surface area (Å²) in [6.45, 7) is 6.08. The van der Waals surface area contributed by atoms with Crippen LogP contribution in [-0.2, 0) is 0 Å². The Morgan fingerprint density at radius 1 is 1.44 bits per heavy atom. The molecule has 0 bridgehead atoms. The first-order valence-electron chi connectivity index (χ1n) is 6.89. The number of thiophene rings is 1. The fourth-order valence-electron chi connectivity index (χ4n) is 2.69. The van der Waals surface area contributed by atoms with Crippen LogP contribution in [0.4, 0.5) is 0 Å². The maximum absolute atomic E-state index is 5.90. The van der Waals surface area contributed by atoms with Crippen LogP contribution >= 0.6 is 11.3 Å². The first kappa shape index (κ1) is 13.8. The van der Waals surface area contributed by atoms with Gasteiger partial charge in [-0.15, -0.1) is 11.3 Å². The summed E-state index contributed by atoms with van der Waals surface area (Å²) in [5.41, 5.74) is 8.92. The number of nitrogens with one attached hydrogen (secondary N) is 1. The molecular formula is C15H24N2S. The molecule has 0 fully saturated rings. The van der Waals surface area contributed by atoms with Crippen LogP contribution in [0.15, 0.2) is 17.7 Å². The lowest BCUT2D eigenvalue weighted by molar-refractivity contribution is 0.541. The minimum atomic E-state index is 0.317. The van der Waals surface area contributed by atoms with Gasteiger partial charge in [-0.2, -0.15) is 0 Å². The quantitative estimate of drug-likeness (QED) is 0.772. The van der Waals surface area contributed by atoms with Gasteiger partial charge in [0.2, 0.25) is 0 Å². The Balaban J connectivity index is 1.87. The maximum Gasteiger partial charge on any atom is 0.0455 e. The summed E-state index contributed by atoms with van der Waals surface area (Å²) in [5.74, 6) is 0. The predicted molar refractivity (Wildman–Crippen MR) is 80.1 cm³/mol. The van der Waals surface area contributed by atoms with Gasteiger partial charge in [-0.05, 0) is 57.7 Å². The second-order valence-electron chi connectivity index (χ2n) is 5.12. The Kier molecular flexibility index (Phi) is 4.98. The molecule has 0 spiro atoms. The van der Waals surface area contributed by atoms with Crippen molar-refractivity contribution >= 4 is 11.3 Å². The van der Waals surface area contributed by atoms with Gasteiger partial charge in [0, 0.05) is 22.3 Å². The van der Waals surface area contributed by atoms with E-state index in [4.69, 9.17) is 5.73 Å². The zero-order chi connectivity index (χ0) is 13.0. The molecule has 100 valence electrons. The van der Waals surface area contributed by atoms with Crippen LogP contribution in [0.1, 0.15) is 47.0 Å². The van der Waals surface area contributed by atoms with Crippen molar-refractivity contribution in [3.8, 4) is 0 Å². The maximum atomic E-state index is 5.90. The van der Waals surface area contributed by atoms with Crippen molar-refractivity contribution in [1.82, 2.24) is 5.32 Å². The fourth-order valence-corrected chi connectivity index (χ4v) is 3.68. The molecule has 1 aliphatic rings. The Hall–Kier alpha value is -0.640. The highest BCUT2D eigenvalue weighted by atomic mass is 32.1. The molecule has 2 rings (SSSR count). The standard InChI is InChI=1S/C15H24N2S/c1-11-9-14(12(2)18-11)15(10-16)17-8-7-13-5-3-4-6-13/h5,9,15,17H,3-4,6-8,10,16H2,1-2H3. The van der Waals surface area contributed by atoms with E-state index < -0.39 is 0 Å². The van der Waals surface area contributed by atoms with Crippen molar-refractivity contribution in [2.24, 2.45) is 5.73 Å². The average molecular weight is 264 g/mol. The van der Waals surface area contributed by atoms with Crippen LogP contribution in [0.25, 0.3) is 0 Å². The van der Waals surface area contributed by atoms with E-state index in [0.717, 1.165) is 6.54 Å². The number of allylic oxidation sites excluding steroid dienone is 1. The summed E-state index contributed by atoms with van der Waals surface area (Å²) >= 11 is 1.86. The van der Waals surface area contributed by atoms with Crippen molar-refractivity contribution < 1.29 is 0 Å². The molecule has 0 radical (unpaired) electrons. The summed E-state index contributed by atoms with van der Waals surface area (Å²) in [4.78, 5) is 2.77. The lowest BCUT2D eigenvalue weighted by atomic mass is 10.1. The molecule has 0 amide bonds. The first-order chi connectivity index (χ1) is 8.70. The topological polar surface area (TPSA) is 38.0 Å². The Bertz CT molecular complexity index is 420. The SMILES string of the molecule is Cc1cc(C(CN)NCCC2=CCCC2)c(C)s1. The lowest BCUT2D eigenvalue weighted by Gasteiger charge is -2.17. The number of rotatable bonds is 6. The molecule has 1 aliphatic carbocycles. The largest absolute Gasteiger partial charge is 0.329 e. The molecule has 18 heavy (non-hydrogen) atoms. The third-order valence-electron chi connectivity index (χ3n) is 3.66. The highest BCUT2D eigenvalue weighted by Gasteiger charge is 2.14. The normalized spacial score (nSPS) is 16.9. The van der Waals surface area contributed by atoms with E-state index >= 15 is 0 Å². The number of aryl methyl sites for hydroxylation is 2. The van der Waals surface area contributed by atoms with E-state index in [9.17, 15) is 0 Å². The van der Waals surface area contributed by atoms with Crippen LogP contribution in [0.3, 0.4) is 0 Å². The van der Waals surface area contributed by atoms with E-state index in [1.807, 2.05) is 11.3 Å². The third kappa shape index (κ3) is 3.44.